The van der Waals surface area contributed by atoms with Crippen LogP contribution in [-0.2, 0) is 9.92 Å². The Morgan fingerprint density at radius 3 is 2.85 bits per heavy atom. The molecule has 0 aliphatic carbocycles. The summed E-state index contributed by atoms with van der Waals surface area (Å²) in [6, 6.07) is 4.20. The summed E-state index contributed by atoms with van der Waals surface area (Å²) < 4.78 is 36.6. The first-order chi connectivity index (χ1) is 12.9. The number of aromatic nitrogens is 2. The smallest absolute Gasteiger partial charge is 0.203 e. The Labute approximate surface area is 164 Å². The lowest BCUT2D eigenvalue weighted by atomic mass is 10.3. The number of hydrogen-bond acceptors (Lipinski definition) is 8. The monoisotopic (exact) mass is 463 g/mol. The third kappa shape index (κ3) is 6.15. The van der Waals surface area contributed by atoms with Gasteiger partial charge >= 0.3 is 0 Å². The van der Waals surface area contributed by atoms with Crippen molar-refractivity contribution in [1.82, 2.24) is 15.0 Å². The molecule has 10 nitrogen and oxygen atoms in total. The highest BCUT2D eigenvalue weighted by molar-refractivity contribution is 9.10. The Bertz CT molecular complexity index is 927. The number of hydrogen-bond donors (Lipinski definition) is 4. The molecule has 2 aromatic rings. The minimum atomic E-state index is -2.36. The largest absolute Gasteiger partial charge is 0.409 e. The lowest BCUT2D eigenvalue weighted by Gasteiger charge is -2.09. The van der Waals surface area contributed by atoms with Gasteiger partial charge in [-0.3, -0.25) is 0 Å². The zero-order chi connectivity index (χ0) is 19.9. The Hall–Kier alpha value is -2.25. The Morgan fingerprint density at radius 2 is 2.19 bits per heavy atom. The SMILES string of the molecule is CN=S(C)(=O)NCCCNc1nonc1/C(=N/O)Nc1ccc(F)c(Br)c1. The van der Waals surface area contributed by atoms with Crippen molar-refractivity contribution in [3.05, 3.63) is 34.2 Å². The molecule has 0 saturated carbocycles. The van der Waals surface area contributed by atoms with Gasteiger partial charge in [-0.25, -0.2) is 22.3 Å². The average Bonchev–Trinajstić information content (AvgIpc) is 3.10. The summed E-state index contributed by atoms with van der Waals surface area (Å²) in [6.45, 7) is 0.942. The molecule has 1 aromatic heterocycles. The molecule has 4 N–H and O–H groups in total. The zero-order valence-electron chi connectivity index (χ0n) is 14.6. The molecule has 0 bridgehead atoms. The third-order valence-electron chi connectivity index (χ3n) is 3.36. The van der Waals surface area contributed by atoms with Gasteiger partial charge in [0.15, 0.2) is 5.69 Å². The lowest BCUT2D eigenvalue weighted by Crippen LogP contribution is -2.24. The van der Waals surface area contributed by atoms with Crippen LogP contribution in [0.1, 0.15) is 12.1 Å². The molecule has 1 atom stereocenters. The van der Waals surface area contributed by atoms with Crippen LogP contribution < -0.4 is 15.4 Å². The van der Waals surface area contributed by atoms with E-state index in [1.807, 2.05) is 0 Å². The van der Waals surface area contributed by atoms with Crippen LogP contribution in [0.15, 0.2) is 36.8 Å². The van der Waals surface area contributed by atoms with Gasteiger partial charge in [0.05, 0.1) is 4.47 Å². The minimum absolute atomic E-state index is 0.0308. The maximum atomic E-state index is 13.3. The molecule has 0 aliphatic rings. The van der Waals surface area contributed by atoms with Crippen molar-refractivity contribution in [2.45, 2.75) is 6.42 Å². The van der Waals surface area contributed by atoms with Gasteiger partial charge in [0.2, 0.25) is 11.7 Å². The van der Waals surface area contributed by atoms with E-state index in [-0.39, 0.29) is 21.8 Å². The summed E-state index contributed by atoms with van der Waals surface area (Å²) in [4.78, 5) is 0. The summed E-state index contributed by atoms with van der Waals surface area (Å²) in [5, 5.41) is 25.7. The highest BCUT2D eigenvalue weighted by atomic mass is 79.9. The molecular weight excluding hydrogens is 445 g/mol. The van der Waals surface area contributed by atoms with Crippen LogP contribution >= 0.6 is 15.9 Å². The van der Waals surface area contributed by atoms with Crippen LogP contribution in [0, 0.1) is 5.82 Å². The lowest BCUT2D eigenvalue weighted by molar-refractivity contribution is 0.305. The van der Waals surface area contributed by atoms with Crippen molar-refractivity contribution < 1.29 is 18.4 Å². The molecule has 0 amide bonds. The van der Waals surface area contributed by atoms with E-state index in [4.69, 9.17) is 4.63 Å². The summed E-state index contributed by atoms with van der Waals surface area (Å²) >= 11 is 3.08. The fourth-order valence-corrected chi connectivity index (χ4v) is 2.95. The highest BCUT2D eigenvalue weighted by Crippen LogP contribution is 2.21. The number of nitrogens with zero attached hydrogens (tertiary/aromatic N) is 4. The fourth-order valence-electron chi connectivity index (χ4n) is 1.92. The summed E-state index contributed by atoms with van der Waals surface area (Å²) in [7, 11) is -0.873. The van der Waals surface area contributed by atoms with Gasteiger partial charge in [0.25, 0.3) is 0 Å². The predicted molar refractivity (Wildman–Crippen MR) is 104 cm³/mol. The van der Waals surface area contributed by atoms with E-state index < -0.39 is 15.7 Å². The van der Waals surface area contributed by atoms with E-state index in [2.05, 4.69) is 51.1 Å². The second-order valence-corrected chi connectivity index (χ2v) is 8.44. The Balaban J connectivity index is 1.97. The number of benzene rings is 1. The predicted octanol–water partition coefficient (Wildman–Crippen LogP) is 2.25. The molecule has 0 saturated heterocycles. The molecule has 1 heterocycles. The standard InChI is InChI=1S/C14H19BrFN7O3S/c1-17-27(2,25)19-7-3-6-18-13-12(22-26-23-13)14(21-24)20-9-4-5-11(16)10(15)8-9/h4-5,8,24H,3,6-7H2,1-2H3,(H,18,23)(H,20,21)(H,17,19,25). The molecule has 148 valence electrons. The van der Waals surface area contributed by atoms with Crippen molar-refractivity contribution >= 4 is 43.2 Å². The number of anilines is 2. The molecule has 1 unspecified atom stereocenters. The first-order valence-electron chi connectivity index (χ1n) is 7.72. The summed E-state index contributed by atoms with van der Waals surface area (Å²) in [5.74, 6) is -0.195. The molecule has 13 heteroatoms. The number of amidine groups is 1. The van der Waals surface area contributed by atoms with Crippen molar-refractivity contribution in [2.24, 2.45) is 9.52 Å². The molecule has 0 radical (unpaired) electrons. The van der Waals surface area contributed by atoms with Crippen LogP contribution in [0.5, 0.6) is 0 Å². The fraction of sp³-hybridized carbons (Fsp3) is 0.357. The zero-order valence-corrected chi connectivity index (χ0v) is 17.0. The average molecular weight is 464 g/mol. The summed E-state index contributed by atoms with van der Waals surface area (Å²) in [6.07, 6.45) is 2.14. The number of nitrogens with one attached hydrogen (secondary N) is 3. The quantitative estimate of drug-likeness (QED) is 0.155. The maximum Gasteiger partial charge on any atom is 0.203 e. The van der Waals surface area contributed by atoms with Gasteiger partial charge in [-0.1, -0.05) is 5.16 Å². The number of oxime groups is 1. The van der Waals surface area contributed by atoms with Gasteiger partial charge < -0.3 is 15.8 Å². The second-order valence-electron chi connectivity index (χ2n) is 5.32. The van der Waals surface area contributed by atoms with Crippen LogP contribution in [0.2, 0.25) is 0 Å². The van der Waals surface area contributed by atoms with E-state index in [1.165, 1.54) is 31.5 Å². The normalized spacial score (nSPS) is 13.9. The van der Waals surface area contributed by atoms with Gasteiger partial charge in [-0.05, 0) is 50.9 Å². The van der Waals surface area contributed by atoms with E-state index in [9.17, 15) is 13.8 Å². The number of halogens is 2. The van der Waals surface area contributed by atoms with E-state index >= 15 is 0 Å². The van der Waals surface area contributed by atoms with Crippen molar-refractivity contribution in [1.29, 1.82) is 0 Å². The number of rotatable bonds is 8. The molecule has 0 fully saturated rings. The van der Waals surface area contributed by atoms with E-state index in [1.54, 1.807) is 0 Å². The van der Waals surface area contributed by atoms with Gasteiger partial charge in [0.1, 0.15) is 15.7 Å². The maximum absolute atomic E-state index is 13.3. The minimum Gasteiger partial charge on any atom is -0.409 e. The Morgan fingerprint density at radius 1 is 1.41 bits per heavy atom. The second kappa shape index (κ2) is 9.62. The molecular formula is C14H19BrFN7O3S. The van der Waals surface area contributed by atoms with Gasteiger partial charge in [-0.2, -0.15) is 0 Å². The van der Waals surface area contributed by atoms with Crippen molar-refractivity contribution in [3.8, 4) is 0 Å². The molecule has 0 aliphatic heterocycles. The van der Waals surface area contributed by atoms with Crippen LogP contribution in [0.3, 0.4) is 0 Å². The summed E-state index contributed by atoms with van der Waals surface area (Å²) in [5.41, 5.74) is 0.615. The van der Waals surface area contributed by atoms with Gasteiger partial charge in [0, 0.05) is 32.1 Å². The highest BCUT2D eigenvalue weighted by Gasteiger charge is 2.17. The van der Waals surface area contributed by atoms with E-state index in [0.29, 0.717) is 25.2 Å². The molecule has 0 spiro atoms. The van der Waals surface area contributed by atoms with Crippen LogP contribution in [0.4, 0.5) is 15.9 Å². The third-order valence-corrected chi connectivity index (χ3v) is 5.40. The first-order valence-corrected chi connectivity index (χ1v) is 10.4. The van der Waals surface area contributed by atoms with Crippen LogP contribution in [0.25, 0.3) is 0 Å². The topological polar surface area (TPSA) is 137 Å². The molecule has 1 aromatic carbocycles. The van der Waals surface area contributed by atoms with Gasteiger partial charge in [-0.15, -0.1) is 0 Å². The van der Waals surface area contributed by atoms with Crippen molar-refractivity contribution in [2.75, 3.05) is 37.0 Å². The van der Waals surface area contributed by atoms with Crippen molar-refractivity contribution in [3.63, 3.8) is 0 Å². The molecule has 2 rings (SSSR count). The Kier molecular flexibility index (Phi) is 7.50. The van der Waals surface area contributed by atoms with E-state index in [0.717, 1.165) is 0 Å². The van der Waals surface area contributed by atoms with Crippen LogP contribution in [-0.4, -0.2) is 52.0 Å². The molecule has 27 heavy (non-hydrogen) atoms. The first kappa shape index (κ1) is 21.1.